The molecule has 0 aliphatic heterocycles. The first kappa shape index (κ1) is 8.21. The number of hydrogen-bond acceptors (Lipinski definition) is 2. The Bertz CT molecular complexity index is 507. The molecule has 0 N–H and O–H groups in total. The van der Waals surface area contributed by atoms with Gasteiger partial charge in [-0.2, -0.15) is 5.26 Å². The van der Waals surface area contributed by atoms with Gasteiger partial charge < -0.3 is 0 Å². The monoisotopic (exact) mass is 191 g/mol. The minimum absolute atomic E-state index is 0.205. The fraction of sp³-hybridized carbons (Fsp3) is 0.100. The molecule has 0 fully saturated rings. The van der Waals surface area contributed by atoms with Crippen molar-refractivity contribution in [1.29, 1.82) is 5.26 Å². The number of nitriles is 1. The van der Waals surface area contributed by atoms with E-state index in [-0.39, 0.29) is 5.82 Å². The molecule has 0 spiro atoms. The summed E-state index contributed by atoms with van der Waals surface area (Å²) in [6.45, 7) is 1.68. The number of benzene rings is 1. The fourth-order valence-electron chi connectivity index (χ4n) is 1.32. The second kappa shape index (κ2) is 2.82. The van der Waals surface area contributed by atoms with Gasteiger partial charge in [-0.25, -0.2) is 4.39 Å². The Morgan fingerprint density at radius 1 is 1.54 bits per heavy atom. The Kier molecular flexibility index (Phi) is 1.78. The largest absolute Gasteiger partial charge is 0.205 e. The molecule has 13 heavy (non-hydrogen) atoms. The van der Waals surface area contributed by atoms with Gasteiger partial charge in [-0.15, -0.1) is 11.3 Å². The molecule has 0 aliphatic carbocycles. The van der Waals surface area contributed by atoms with Crippen molar-refractivity contribution in [3.8, 4) is 6.07 Å². The van der Waals surface area contributed by atoms with Gasteiger partial charge in [0.1, 0.15) is 5.82 Å². The Labute approximate surface area is 79.0 Å². The number of aryl methyl sites for hydroxylation is 1. The van der Waals surface area contributed by atoms with E-state index in [0.717, 1.165) is 5.39 Å². The first-order chi connectivity index (χ1) is 6.24. The van der Waals surface area contributed by atoms with Crippen LogP contribution in [0.25, 0.3) is 10.1 Å². The second-order valence-electron chi connectivity index (χ2n) is 2.83. The van der Waals surface area contributed by atoms with Crippen LogP contribution in [-0.2, 0) is 0 Å². The van der Waals surface area contributed by atoms with Crippen LogP contribution in [0.15, 0.2) is 17.5 Å². The summed E-state index contributed by atoms with van der Waals surface area (Å²) in [5.74, 6) is -0.205. The molecule has 0 saturated heterocycles. The normalized spacial score (nSPS) is 10.2. The second-order valence-corrected chi connectivity index (χ2v) is 3.75. The highest BCUT2D eigenvalue weighted by Gasteiger charge is 2.09. The van der Waals surface area contributed by atoms with Gasteiger partial charge in [0, 0.05) is 5.39 Å². The molecule has 0 atom stereocenters. The maximum Gasteiger partial charge on any atom is 0.143 e. The van der Waals surface area contributed by atoms with Crippen molar-refractivity contribution in [2.45, 2.75) is 6.92 Å². The van der Waals surface area contributed by atoms with Crippen LogP contribution in [0.4, 0.5) is 4.39 Å². The third-order valence-corrected chi connectivity index (χ3v) is 2.89. The molecular formula is C10H6FNS. The lowest BCUT2D eigenvalue weighted by Crippen LogP contribution is -1.85. The van der Waals surface area contributed by atoms with Crippen molar-refractivity contribution in [3.63, 3.8) is 0 Å². The zero-order valence-corrected chi connectivity index (χ0v) is 7.78. The molecule has 0 radical (unpaired) electrons. The van der Waals surface area contributed by atoms with E-state index in [4.69, 9.17) is 5.26 Å². The Balaban J connectivity index is 2.97. The van der Waals surface area contributed by atoms with E-state index >= 15 is 0 Å². The average Bonchev–Trinajstić information content (AvgIpc) is 2.60. The molecule has 2 aromatic rings. The lowest BCUT2D eigenvalue weighted by Gasteiger charge is -1.99. The minimum Gasteiger partial charge on any atom is -0.205 e. The maximum atomic E-state index is 13.4. The summed E-state index contributed by atoms with van der Waals surface area (Å²) in [5.41, 5.74) is 1.08. The third kappa shape index (κ3) is 1.11. The first-order valence-electron chi connectivity index (χ1n) is 3.80. The van der Waals surface area contributed by atoms with Gasteiger partial charge in [0.2, 0.25) is 0 Å². The van der Waals surface area contributed by atoms with Crippen molar-refractivity contribution >= 4 is 21.4 Å². The van der Waals surface area contributed by atoms with E-state index in [1.807, 2.05) is 0 Å². The summed E-state index contributed by atoms with van der Waals surface area (Å²) in [6.07, 6.45) is 0. The van der Waals surface area contributed by atoms with Crippen LogP contribution in [0.1, 0.15) is 11.1 Å². The molecular weight excluding hydrogens is 185 g/mol. The smallest absolute Gasteiger partial charge is 0.143 e. The molecule has 1 aromatic heterocycles. The number of thiophene rings is 1. The molecule has 3 heteroatoms. The van der Waals surface area contributed by atoms with Crippen LogP contribution in [0.3, 0.4) is 0 Å². The van der Waals surface area contributed by atoms with Gasteiger partial charge in [0.15, 0.2) is 0 Å². The molecule has 0 amide bonds. The Morgan fingerprint density at radius 2 is 2.31 bits per heavy atom. The van der Waals surface area contributed by atoms with Crippen LogP contribution in [0.5, 0.6) is 0 Å². The Morgan fingerprint density at radius 3 is 3.00 bits per heavy atom. The average molecular weight is 191 g/mol. The van der Waals surface area contributed by atoms with Gasteiger partial charge in [-0.05, 0) is 30.0 Å². The van der Waals surface area contributed by atoms with Gasteiger partial charge in [-0.1, -0.05) is 0 Å². The SMILES string of the molecule is Cc1cc(C#N)c2ccsc2c1F. The molecule has 1 heterocycles. The summed E-state index contributed by atoms with van der Waals surface area (Å²) >= 11 is 1.33. The van der Waals surface area contributed by atoms with Crippen LogP contribution < -0.4 is 0 Å². The van der Waals surface area contributed by atoms with Crippen molar-refractivity contribution < 1.29 is 4.39 Å². The minimum atomic E-state index is -0.205. The molecule has 0 bridgehead atoms. The van der Waals surface area contributed by atoms with Crippen molar-refractivity contribution in [2.24, 2.45) is 0 Å². The predicted octanol–water partition coefficient (Wildman–Crippen LogP) is 3.22. The molecule has 0 aliphatic rings. The number of nitrogens with zero attached hydrogens (tertiary/aromatic N) is 1. The zero-order valence-electron chi connectivity index (χ0n) is 6.97. The highest BCUT2D eigenvalue weighted by atomic mass is 32.1. The molecule has 1 aromatic carbocycles. The number of hydrogen-bond donors (Lipinski definition) is 0. The molecule has 0 saturated carbocycles. The van der Waals surface area contributed by atoms with E-state index in [9.17, 15) is 4.39 Å². The Hall–Kier alpha value is -1.40. The van der Waals surface area contributed by atoms with Gasteiger partial charge in [0.25, 0.3) is 0 Å². The lowest BCUT2D eigenvalue weighted by atomic mass is 10.1. The summed E-state index contributed by atoms with van der Waals surface area (Å²) in [5, 5.41) is 11.3. The van der Waals surface area contributed by atoms with Crippen LogP contribution in [0, 0.1) is 24.1 Å². The van der Waals surface area contributed by atoms with E-state index in [0.29, 0.717) is 15.8 Å². The molecule has 2 rings (SSSR count). The number of fused-ring (bicyclic) bond motifs is 1. The fourth-order valence-corrected chi connectivity index (χ4v) is 2.23. The number of rotatable bonds is 0. The van der Waals surface area contributed by atoms with Crippen LogP contribution in [0.2, 0.25) is 0 Å². The zero-order chi connectivity index (χ0) is 9.42. The van der Waals surface area contributed by atoms with Crippen molar-refractivity contribution in [3.05, 3.63) is 34.5 Å². The number of halogens is 1. The summed E-state index contributed by atoms with van der Waals surface area (Å²) in [7, 11) is 0. The van der Waals surface area contributed by atoms with E-state index < -0.39 is 0 Å². The highest BCUT2D eigenvalue weighted by Crippen LogP contribution is 2.28. The topological polar surface area (TPSA) is 23.8 Å². The third-order valence-electron chi connectivity index (χ3n) is 1.98. The van der Waals surface area contributed by atoms with Crippen molar-refractivity contribution in [1.82, 2.24) is 0 Å². The van der Waals surface area contributed by atoms with Crippen molar-refractivity contribution in [2.75, 3.05) is 0 Å². The van der Waals surface area contributed by atoms with E-state index in [1.165, 1.54) is 11.3 Å². The highest BCUT2D eigenvalue weighted by molar-refractivity contribution is 7.17. The summed E-state index contributed by atoms with van der Waals surface area (Å²) < 4.78 is 14.0. The predicted molar refractivity (Wildman–Crippen MR) is 51.2 cm³/mol. The van der Waals surface area contributed by atoms with Gasteiger partial charge >= 0.3 is 0 Å². The maximum absolute atomic E-state index is 13.4. The molecule has 64 valence electrons. The standard InChI is InChI=1S/C10H6FNS/c1-6-4-7(5-12)8-2-3-13-10(8)9(6)11/h2-4H,1H3. The van der Waals surface area contributed by atoms with Crippen LogP contribution >= 0.6 is 11.3 Å². The lowest BCUT2D eigenvalue weighted by molar-refractivity contribution is 0.632. The van der Waals surface area contributed by atoms with E-state index in [2.05, 4.69) is 6.07 Å². The summed E-state index contributed by atoms with van der Waals surface area (Å²) in [6, 6.07) is 5.43. The van der Waals surface area contributed by atoms with Gasteiger partial charge in [-0.3, -0.25) is 0 Å². The van der Waals surface area contributed by atoms with Gasteiger partial charge in [0.05, 0.1) is 16.3 Å². The first-order valence-corrected chi connectivity index (χ1v) is 4.68. The molecule has 1 nitrogen and oxygen atoms in total. The van der Waals surface area contributed by atoms with E-state index in [1.54, 1.807) is 24.4 Å². The molecule has 0 unspecified atom stereocenters. The van der Waals surface area contributed by atoms with Crippen LogP contribution in [-0.4, -0.2) is 0 Å². The quantitative estimate of drug-likeness (QED) is 0.627. The summed E-state index contributed by atoms with van der Waals surface area (Å²) in [4.78, 5) is 0.